The number of rotatable bonds is 10. The van der Waals surface area contributed by atoms with Crippen molar-refractivity contribution >= 4 is 14.6 Å². The molecule has 0 aromatic rings. The van der Waals surface area contributed by atoms with E-state index in [1.54, 1.807) is 6.08 Å². The van der Waals surface area contributed by atoms with Crippen molar-refractivity contribution in [2.45, 2.75) is 58.9 Å². The molecule has 0 fully saturated rings. The molecule has 0 amide bonds. The van der Waals surface area contributed by atoms with E-state index in [4.69, 9.17) is 4.43 Å². The Morgan fingerprint density at radius 1 is 1.11 bits per heavy atom. The van der Waals surface area contributed by atoms with Crippen molar-refractivity contribution in [2.24, 2.45) is 11.8 Å². The van der Waals surface area contributed by atoms with Crippen molar-refractivity contribution in [2.75, 3.05) is 0 Å². The van der Waals surface area contributed by atoms with Gasteiger partial charge in [0.1, 0.15) is 6.29 Å². The summed E-state index contributed by atoms with van der Waals surface area (Å²) in [5, 5.41) is 0. The Kier molecular flexibility index (Phi) is 8.94. The van der Waals surface area contributed by atoms with Crippen LogP contribution in [0.15, 0.2) is 24.8 Å². The van der Waals surface area contributed by atoms with Crippen molar-refractivity contribution < 1.29 is 9.22 Å². The summed E-state index contributed by atoms with van der Waals surface area (Å²) in [4.78, 5) is 11.2. The van der Waals surface area contributed by atoms with Gasteiger partial charge in [-0.2, -0.15) is 0 Å². The lowest BCUT2D eigenvalue weighted by molar-refractivity contribution is -0.113. The molecule has 0 unspecified atom stereocenters. The van der Waals surface area contributed by atoms with Gasteiger partial charge in [-0.05, 0) is 24.1 Å². The fraction of sp³-hybridized carbons (Fsp3) is 0.688. The maximum atomic E-state index is 11.2. The molecule has 3 heteroatoms. The molecule has 0 aliphatic rings. The third kappa shape index (κ3) is 5.45. The lowest BCUT2D eigenvalue weighted by atomic mass is 9.94. The Morgan fingerprint density at radius 3 is 2.00 bits per heavy atom. The summed E-state index contributed by atoms with van der Waals surface area (Å²) >= 11 is 0. The summed E-state index contributed by atoms with van der Waals surface area (Å²) in [6, 6.07) is 3.33. The maximum absolute atomic E-state index is 11.2. The standard InChI is InChI=1S/C16H30O2Si/c1-7-11-12-14(5)16(15(6)13-17)18-19(8-2,9-3)10-4/h7,11-16H,1,8-10H2,2-6H3/t14-,15-,16-/m0/s1. The molecule has 0 spiro atoms. The van der Waals surface area contributed by atoms with Gasteiger partial charge in [0.2, 0.25) is 0 Å². The minimum absolute atomic E-state index is 0.0137. The number of hydrogen-bond donors (Lipinski definition) is 0. The van der Waals surface area contributed by atoms with E-state index >= 15 is 0 Å². The highest BCUT2D eigenvalue weighted by Gasteiger charge is 2.35. The van der Waals surface area contributed by atoms with Crippen LogP contribution in [0, 0.1) is 11.8 Å². The van der Waals surface area contributed by atoms with E-state index < -0.39 is 8.32 Å². The van der Waals surface area contributed by atoms with Gasteiger partial charge in [-0.15, -0.1) is 0 Å². The van der Waals surface area contributed by atoms with E-state index in [-0.39, 0.29) is 17.9 Å². The number of aldehydes is 1. The van der Waals surface area contributed by atoms with Crippen molar-refractivity contribution in [3.63, 3.8) is 0 Å². The predicted molar refractivity (Wildman–Crippen MR) is 85.8 cm³/mol. The van der Waals surface area contributed by atoms with Gasteiger partial charge in [-0.3, -0.25) is 0 Å². The molecule has 0 radical (unpaired) electrons. The average Bonchev–Trinajstić information content (AvgIpc) is 2.46. The summed E-state index contributed by atoms with van der Waals surface area (Å²) in [6.07, 6.45) is 6.79. The zero-order valence-electron chi connectivity index (χ0n) is 13.2. The van der Waals surface area contributed by atoms with Crippen LogP contribution in [-0.4, -0.2) is 20.7 Å². The monoisotopic (exact) mass is 282 g/mol. The largest absolute Gasteiger partial charge is 0.413 e. The Hall–Kier alpha value is -0.673. The lowest BCUT2D eigenvalue weighted by Gasteiger charge is -2.37. The minimum Gasteiger partial charge on any atom is -0.413 e. The molecule has 0 saturated carbocycles. The van der Waals surface area contributed by atoms with Crippen LogP contribution in [0.4, 0.5) is 0 Å². The predicted octanol–water partition coefficient (Wildman–Crippen LogP) is 4.59. The van der Waals surface area contributed by atoms with Crippen molar-refractivity contribution in [1.29, 1.82) is 0 Å². The molecule has 0 N–H and O–H groups in total. The maximum Gasteiger partial charge on any atom is 0.192 e. The first-order valence-electron chi connectivity index (χ1n) is 7.42. The second kappa shape index (κ2) is 9.27. The Balaban J connectivity index is 5.09. The Bertz CT molecular complexity index is 287. The van der Waals surface area contributed by atoms with E-state index in [0.717, 1.165) is 24.4 Å². The first-order valence-corrected chi connectivity index (χ1v) is 9.95. The van der Waals surface area contributed by atoms with E-state index in [0.29, 0.717) is 0 Å². The number of carbonyl (C=O) groups is 1. The molecular formula is C16H30O2Si. The van der Waals surface area contributed by atoms with Crippen LogP contribution in [-0.2, 0) is 9.22 Å². The van der Waals surface area contributed by atoms with Crippen LogP contribution < -0.4 is 0 Å². The van der Waals surface area contributed by atoms with Crippen LogP contribution in [0.1, 0.15) is 34.6 Å². The van der Waals surface area contributed by atoms with Crippen molar-refractivity contribution in [3.8, 4) is 0 Å². The highest BCUT2D eigenvalue weighted by molar-refractivity contribution is 6.73. The van der Waals surface area contributed by atoms with Gasteiger partial charge >= 0.3 is 0 Å². The molecule has 0 aliphatic carbocycles. The van der Waals surface area contributed by atoms with Crippen LogP contribution >= 0.6 is 0 Å². The van der Waals surface area contributed by atoms with E-state index in [2.05, 4.69) is 40.3 Å². The SMILES string of the molecule is C=CC=C[C@H](C)[C@H](O[Si](CC)(CC)CC)[C@@H](C)C=O. The molecular weight excluding hydrogens is 252 g/mol. The molecule has 19 heavy (non-hydrogen) atoms. The second-order valence-corrected chi connectivity index (χ2v) is 10.0. The quantitative estimate of drug-likeness (QED) is 0.333. The van der Waals surface area contributed by atoms with Crippen LogP contribution in [0.5, 0.6) is 0 Å². The van der Waals surface area contributed by atoms with Gasteiger partial charge < -0.3 is 9.22 Å². The number of hydrogen-bond acceptors (Lipinski definition) is 2. The minimum atomic E-state index is -1.68. The zero-order chi connectivity index (χ0) is 14.9. The summed E-state index contributed by atoms with van der Waals surface area (Å²) in [5.41, 5.74) is 0. The van der Waals surface area contributed by atoms with Gasteiger partial charge in [0.15, 0.2) is 8.32 Å². The van der Waals surface area contributed by atoms with Crippen LogP contribution in [0.3, 0.4) is 0 Å². The Labute approximate surface area is 120 Å². The fourth-order valence-corrected chi connectivity index (χ4v) is 5.43. The molecule has 0 aliphatic heterocycles. The molecule has 3 atom stereocenters. The first-order chi connectivity index (χ1) is 9.00. The number of allylic oxidation sites excluding steroid dienone is 2. The molecule has 2 nitrogen and oxygen atoms in total. The van der Waals surface area contributed by atoms with Crippen LogP contribution in [0.2, 0.25) is 18.1 Å². The first kappa shape index (κ1) is 18.3. The molecule has 0 aromatic carbocycles. The third-order valence-electron chi connectivity index (χ3n) is 4.12. The molecule has 110 valence electrons. The fourth-order valence-electron chi connectivity index (χ4n) is 2.42. The van der Waals surface area contributed by atoms with E-state index in [1.807, 2.05) is 13.0 Å². The van der Waals surface area contributed by atoms with Gasteiger partial charge in [-0.25, -0.2) is 0 Å². The molecule has 0 bridgehead atoms. The normalized spacial score (nSPS) is 17.1. The summed E-state index contributed by atoms with van der Waals surface area (Å²) < 4.78 is 6.52. The molecule has 0 heterocycles. The molecule has 0 aromatic heterocycles. The topological polar surface area (TPSA) is 26.3 Å². The molecule has 0 rings (SSSR count). The van der Waals surface area contributed by atoms with Gasteiger partial charge in [0.25, 0.3) is 0 Å². The molecule has 0 saturated heterocycles. The van der Waals surface area contributed by atoms with E-state index in [9.17, 15) is 4.79 Å². The average molecular weight is 282 g/mol. The second-order valence-electron chi connectivity index (χ2n) is 5.30. The van der Waals surface area contributed by atoms with E-state index in [1.165, 1.54) is 0 Å². The van der Waals surface area contributed by atoms with Crippen molar-refractivity contribution in [3.05, 3.63) is 24.8 Å². The van der Waals surface area contributed by atoms with Crippen molar-refractivity contribution in [1.82, 2.24) is 0 Å². The summed E-state index contributed by atoms with van der Waals surface area (Å²) in [6.45, 7) is 14.4. The lowest BCUT2D eigenvalue weighted by Crippen LogP contribution is -2.44. The smallest absolute Gasteiger partial charge is 0.192 e. The van der Waals surface area contributed by atoms with Crippen LogP contribution in [0.25, 0.3) is 0 Å². The van der Waals surface area contributed by atoms with Gasteiger partial charge in [-0.1, -0.05) is 59.4 Å². The highest BCUT2D eigenvalue weighted by atomic mass is 28.4. The zero-order valence-corrected chi connectivity index (χ0v) is 14.2. The third-order valence-corrected chi connectivity index (χ3v) is 8.76. The van der Waals surface area contributed by atoms with Gasteiger partial charge in [0, 0.05) is 5.92 Å². The number of carbonyl (C=O) groups excluding carboxylic acids is 1. The summed E-state index contributed by atoms with van der Waals surface area (Å²) in [5.74, 6) is 0.163. The Morgan fingerprint density at radius 2 is 1.63 bits per heavy atom. The van der Waals surface area contributed by atoms with Gasteiger partial charge in [0.05, 0.1) is 6.10 Å². The summed E-state index contributed by atoms with van der Waals surface area (Å²) in [7, 11) is -1.68. The highest BCUT2D eigenvalue weighted by Crippen LogP contribution is 2.29.